The van der Waals surface area contributed by atoms with E-state index in [1.54, 1.807) is 18.2 Å². The number of Topliss-reactive ketones (excluding diaryl/α,β-unsaturated/α-hetero) is 1. The third-order valence-corrected chi connectivity index (χ3v) is 7.72. The number of rotatable bonds is 3. The molecule has 37 heavy (non-hydrogen) atoms. The summed E-state index contributed by atoms with van der Waals surface area (Å²) in [6, 6.07) is 18.9. The lowest BCUT2D eigenvalue weighted by Gasteiger charge is -2.39. The molecule has 2 heterocycles. The van der Waals surface area contributed by atoms with Gasteiger partial charge < -0.3 is 9.73 Å². The van der Waals surface area contributed by atoms with E-state index in [4.69, 9.17) is 4.42 Å². The summed E-state index contributed by atoms with van der Waals surface area (Å²) < 4.78 is 6.29. The van der Waals surface area contributed by atoms with E-state index in [1.165, 1.54) is 0 Å². The van der Waals surface area contributed by atoms with Gasteiger partial charge in [-0.05, 0) is 77.4 Å². The number of carbonyl (C=O) groups is 1. The molecule has 0 saturated carbocycles. The van der Waals surface area contributed by atoms with Gasteiger partial charge in [-0.3, -0.25) is 14.9 Å². The highest BCUT2D eigenvalue weighted by Crippen LogP contribution is 2.52. The minimum absolute atomic E-state index is 0.00724. The third kappa shape index (κ3) is 3.75. The molecular formula is C31H28N2O4. The van der Waals surface area contributed by atoms with Crippen molar-refractivity contribution in [3.05, 3.63) is 98.8 Å². The molecule has 4 aromatic rings. The van der Waals surface area contributed by atoms with Crippen molar-refractivity contribution in [2.45, 2.75) is 46.6 Å². The fraction of sp³-hybridized carbons (Fsp3) is 0.258. The van der Waals surface area contributed by atoms with Crippen molar-refractivity contribution in [3.63, 3.8) is 0 Å². The van der Waals surface area contributed by atoms with Crippen LogP contribution in [0.5, 0.6) is 0 Å². The van der Waals surface area contributed by atoms with Crippen LogP contribution in [0.1, 0.15) is 55.2 Å². The summed E-state index contributed by atoms with van der Waals surface area (Å²) >= 11 is 0. The van der Waals surface area contributed by atoms with Gasteiger partial charge in [0, 0.05) is 29.3 Å². The number of benzene rings is 3. The van der Waals surface area contributed by atoms with Crippen molar-refractivity contribution >= 4 is 33.5 Å². The number of allylic oxidation sites excluding steroid dienone is 1. The number of nitrogens with one attached hydrogen (secondary N) is 1. The van der Waals surface area contributed by atoms with Crippen molar-refractivity contribution < 1.29 is 14.1 Å². The molecular weight excluding hydrogens is 464 g/mol. The lowest BCUT2D eigenvalue weighted by Crippen LogP contribution is -2.33. The quantitative estimate of drug-likeness (QED) is 0.232. The molecule has 3 aromatic carbocycles. The molecule has 6 nitrogen and oxygen atoms in total. The summed E-state index contributed by atoms with van der Waals surface area (Å²) in [4.78, 5) is 25.1. The number of aryl methyl sites for hydroxylation is 2. The van der Waals surface area contributed by atoms with E-state index in [-0.39, 0.29) is 21.8 Å². The molecule has 2 aliphatic rings. The number of nitrogens with zero attached hydrogens (tertiary/aromatic N) is 1. The van der Waals surface area contributed by atoms with E-state index in [2.05, 4.69) is 43.4 Å². The number of hydrogen-bond acceptors (Lipinski definition) is 5. The Morgan fingerprint density at radius 3 is 2.54 bits per heavy atom. The van der Waals surface area contributed by atoms with Gasteiger partial charge in [0.05, 0.1) is 10.5 Å². The number of fused-ring (bicyclic) bond motifs is 4. The maximum atomic E-state index is 13.6. The van der Waals surface area contributed by atoms with Crippen molar-refractivity contribution in [1.29, 1.82) is 0 Å². The number of hydrogen-bond donors (Lipinski definition) is 1. The van der Waals surface area contributed by atoms with Crippen LogP contribution in [0.25, 0.3) is 27.7 Å². The van der Waals surface area contributed by atoms with Crippen LogP contribution in [0.3, 0.4) is 0 Å². The zero-order valence-corrected chi connectivity index (χ0v) is 21.3. The van der Waals surface area contributed by atoms with E-state index in [1.807, 2.05) is 32.0 Å². The molecule has 1 aliphatic carbocycles. The molecule has 0 unspecified atom stereocenters. The van der Waals surface area contributed by atoms with Gasteiger partial charge in [-0.25, -0.2) is 0 Å². The standard InChI is InChI=1S/C31H28N2O4/c1-17-13-21(24(33(35)36)14-18(17)2)26-11-12-27(37-26)30-29-22(15-31(3,4)16-25(29)34)28-20-8-6-5-7-19(20)9-10-23(28)32-30/h5-14,30,32H,15-16H2,1-4H3/t30-/m0/s1. The number of anilines is 1. The molecule has 6 heteroatoms. The predicted octanol–water partition coefficient (Wildman–Crippen LogP) is 7.93. The molecule has 0 fully saturated rings. The van der Waals surface area contributed by atoms with E-state index >= 15 is 0 Å². The molecule has 0 bridgehead atoms. The number of nitro groups is 1. The molecule has 0 saturated heterocycles. The summed E-state index contributed by atoms with van der Waals surface area (Å²) in [6.45, 7) is 8.06. The highest BCUT2D eigenvalue weighted by molar-refractivity contribution is 6.12. The number of ketones is 1. The van der Waals surface area contributed by atoms with Crippen molar-refractivity contribution in [3.8, 4) is 11.3 Å². The zero-order chi connectivity index (χ0) is 26.1. The fourth-order valence-electron chi connectivity index (χ4n) is 5.85. The third-order valence-electron chi connectivity index (χ3n) is 7.72. The molecule has 1 aromatic heterocycles. The van der Waals surface area contributed by atoms with Crippen LogP contribution in [0.4, 0.5) is 11.4 Å². The smallest absolute Gasteiger partial charge is 0.280 e. The molecule has 1 aliphatic heterocycles. The SMILES string of the molecule is Cc1cc(-c2ccc([C@@H]3Nc4ccc5ccccc5c4C4=C3C(=O)CC(C)(C)C4)o2)c([N+](=O)[O-])cc1C. The Kier molecular flexibility index (Phi) is 5.13. The molecule has 0 spiro atoms. The molecule has 186 valence electrons. The molecule has 0 radical (unpaired) electrons. The van der Waals surface area contributed by atoms with Crippen LogP contribution < -0.4 is 5.32 Å². The summed E-state index contributed by atoms with van der Waals surface area (Å²) in [5, 5.41) is 17.6. The van der Waals surface area contributed by atoms with E-state index in [0.717, 1.165) is 50.7 Å². The minimum Gasteiger partial charge on any atom is -0.458 e. The Morgan fingerprint density at radius 1 is 1.00 bits per heavy atom. The average Bonchev–Trinajstić information content (AvgIpc) is 3.33. The Labute approximate surface area is 215 Å². The maximum absolute atomic E-state index is 13.6. The Morgan fingerprint density at radius 2 is 1.76 bits per heavy atom. The summed E-state index contributed by atoms with van der Waals surface area (Å²) in [5.41, 5.74) is 5.94. The minimum atomic E-state index is -0.466. The predicted molar refractivity (Wildman–Crippen MR) is 146 cm³/mol. The average molecular weight is 493 g/mol. The van der Waals surface area contributed by atoms with E-state index in [0.29, 0.717) is 23.5 Å². The summed E-state index contributed by atoms with van der Waals surface area (Å²) in [7, 11) is 0. The first kappa shape index (κ1) is 23.2. The monoisotopic (exact) mass is 492 g/mol. The second-order valence-electron chi connectivity index (χ2n) is 11.0. The van der Waals surface area contributed by atoms with Gasteiger partial charge in [-0.15, -0.1) is 0 Å². The highest BCUT2D eigenvalue weighted by atomic mass is 16.6. The number of nitro benzene ring substituents is 1. The normalized spacial score (nSPS) is 18.4. The largest absolute Gasteiger partial charge is 0.458 e. The Bertz CT molecular complexity index is 1660. The number of carbonyl (C=O) groups excluding carboxylic acids is 1. The van der Waals surface area contributed by atoms with Crippen LogP contribution in [0, 0.1) is 29.4 Å². The molecule has 6 rings (SSSR count). The van der Waals surface area contributed by atoms with Gasteiger partial charge in [-0.1, -0.05) is 44.2 Å². The Hall–Kier alpha value is -4.19. The van der Waals surface area contributed by atoms with Gasteiger partial charge in [0.15, 0.2) is 5.78 Å². The molecule has 1 N–H and O–H groups in total. The van der Waals surface area contributed by atoms with Crippen LogP contribution in [-0.2, 0) is 4.79 Å². The van der Waals surface area contributed by atoms with Crippen LogP contribution in [-0.4, -0.2) is 10.7 Å². The van der Waals surface area contributed by atoms with Crippen LogP contribution in [0.2, 0.25) is 0 Å². The Balaban J connectivity index is 1.53. The number of furan rings is 1. The van der Waals surface area contributed by atoms with Crippen molar-refractivity contribution in [2.75, 3.05) is 5.32 Å². The van der Waals surface area contributed by atoms with Gasteiger partial charge >= 0.3 is 0 Å². The van der Waals surface area contributed by atoms with Gasteiger partial charge in [-0.2, -0.15) is 0 Å². The van der Waals surface area contributed by atoms with Gasteiger partial charge in [0.1, 0.15) is 17.6 Å². The van der Waals surface area contributed by atoms with Crippen molar-refractivity contribution in [2.24, 2.45) is 5.41 Å². The van der Waals surface area contributed by atoms with Gasteiger partial charge in [0.2, 0.25) is 0 Å². The topological polar surface area (TPSA) is 85.4 Å². The summed E-state index contributed by atoms with van der Waals surface area (Å²) in [5.74, 6) is 1.10. The van der Waals surface area contributed by atoms with E-state index in [9.17, 15) is 14.9 Å². The maximum Gasteiger partial charge on any atom is 0.280 e. The van der Waals surface area contributed by atoms with Gasteiger partial charge in [0.25, 0.3) is 5.69 Å². The second-order valence-corrected chi connectivity index (χ2v) is 11.0. The van der Waals surface area contributed by atoms with Crippen molar-refractivity contribution in [1.82, 2.24) is 0 Å². The molecule has 0 amide bonds. The first-order chi connectivity index (χ1) is 17.6. The first-order valence-electron chi connectivity index (χ1n) is 12.5. The van der Waals surface area contributed by atoms with E-state index < -0.39 is 6.04 Å². The zero-order valence-electron chi connectivity index (χ0n) is 21.3. The lowest BCUT2D eigenvalue weighted by molar-refractivity contribution is -0.384. The highest BCUT2D eigenvalue weighted by Gasteiger charge is 2.42. The molecule has 1 atom stereocenters. The summed E-state index contributed by atoms with van der Waals surface area (Å²) in [6.07, 6.45) is 1.24. The fourth-order valence-corrected chi connectivity index (χ4v) is 5.85. The first-order valence-corrected chi connectivity index (χ1v) is 12.5. The van der Waals surface area contributed by atoms with Crippen LogP contribution in [0.15, 0.2) is 70.7 Å². The second kappa shape index (κ2) is 8.17. The van der Waals surface area contributed by atoms with Crippen LogP contribution >= 0.6 is 0 Å². The lowest BCUT2D eigenvalue weighted by atomic mass is 9.68.